The molecule has 1 amide bonds. The van der Waals surface area contributed by atoms with Crippen molar-refractivity contribution in [3.63, 3.8) is 0 Å². The molecule has 0 bridgehead atoms. The number of likely N-dealkylation sites (tertiary alicyclic amines) is 1. The molecule has 20 heavy (non-hydrogen) atoms. The van der Waals surface area contributed by atoms with Gasteiger partial charge in [-0.1, -0.05) is 6.92 Å². The molecular weight excluding hydrogens is 258 g/mol. The topological polar surface area (TPSA) is 59.0 Å². The van der Waals surface area contributed by atoms with E-state index in [0.29, 0.717) is 49.8 Å². The van der Waals surface area contributed by atoms with E-state index in [1.165, 1.54) is 0 Å². The van der Waals surface area contributed by atoms with Crippen LogP contribution in [0.15, 0.2) is 18.2 Å². The molecule has 2 aliphatic heterocycles. The number of rotatable bonds is 2. The summed E-state index contributed by atoms with van der Waals surface area (Å²) in [6.07, 6.45) is 1.51. The van der Waals surface area contributed by atoms with Crippen molar-refractivity contribution in [2.45, 2.75) is 25.4 Å². The molecule has 0 aromatic heterocycles. The Morgan fingerprint density at radius 3 is 2.70 bits per heavy atom. The number of amides is 1. The predicted octanol–water partition coefficient (Wildman–Crippen LogP) is 1.44. The highest BCUT2D eigenvalue weighted by atomic mass is 16.5. The van der Waals surface area contributed by atoms with Gasteiger partial charge in [0.2, 0.25) is 0 Å². The second-order valence-corrected chi connectivity index (χ2v) is 5.45. The third-order valence-corrected chi connectivity index (χ3v) is 3.91. The van der Waals surface area contributed by atoms with Crippen LogP contribution in [0.25, 0.3) is 0 Å². The molecule has 2 aliphatic rings. The highest BCUT2D eigenvalue weighted by Crippen LogP contribution is 2.32. The molecule has 0 atom stereocenters. The van der Waals surface area contributed by atoms with Crippen LogP contribution in [0.4, 0.5) is 0 Å². The normalized spacial score (nSPS) is 20.0. The number of hydrogen-bond donors (Lipinski definition) is 1. The zero-order valence-corrected chi connectivity index (χ0v) is 11.6. The van der Waals surface area contributed by atoms with Crippen LogP contribution in [0.1, 0.15) is 30.1 Å². The minimum Gasteiger partial charge on any atom is -0.490 e. The third kappa shape index (κ3) is 2.33. The Morgan fingerprint density at radius 1 is 1.30 bits per heavy atom. The summed E-state index contributed by atoms with van der Waals surface area (Å²) in [7, 11) is 0. The van der Waals surface area contributed by atoms with Gasteiger partial charge in [-0.2, -0.15) is 0 Å². The van der Waals surface area contributed by atoms with Gasteiger partial charge in [0, 0.05) is 12.0 Å². The Balaban J connectivity index is 1.75. The van der Waals surface area contributed by atoms with E-state index in [1.807, 2.05) is 6.92 Å². The Kier molecular flexibility index (Phi) is 3.30. The zero-order valence-electron chi connectivity index (χ0n) is 11.6. The number of β-amino-alcohol motifs (C(OH)–C–C–N with tert-alkyl or cyclic N) is 1. The van der Waals surface area contributed by atoms with E-state index < -0.39 is 5.60 Å². The highest BCUT2D eigenvalue weighted by molar-refractivity contribution is 5.95. The first kappa shape index (κ1) is 13.2. The lowest BCUT2D eigenvalue weighted by molar-refractivity contribution is -0.0826. The van der Waals surface area contributed by atoms with E-state index in [9.17, 15) is 9.90 Å². The van der Waals surface area contributed by atoms with E-state index in [2.05, 4.69) is 0 Å². The van der Waals surface area contributed by atoms with E-state index >= 15 is 0 Å². The number of fused-ring (bicyclic) bond motifs is 1. The standard InChI is InChI=1S/C15H19NO4/c1-2-15(18)9-16(10-15)14(17)11-4-5-12-13(8-11)20-7-3-6-19-12/h4-5,8,18H,2-3,6-7,9-10H2,1H3. The summed E-state index contributed by atoms with van der Waals surface area (Å²) in [5, 5.41) is 9.98. The number of aliphatic hydroxyl groups is 1. The van der Waals surface area contributed by atoms with Crippen LogP contribution in [0.2, 0.25) is 0 Å². The molecule has 2 heterocycles. The van der Waals surface area contributed by atoms with Crippen LogP contribution in [0.3, 0.4) is 0 Å². The molecule has 1 saturated heterocycles. The molecule has 0 spiro atoms. The SMILES string of the molecule is CCC1(O)CN(C(=O)c2ccc3c(c2)OCCCO3)C1. The smallest absolute Gasteiger partial charge is 0.254 e. The van der Waals surface area contributed by atoms with Gasteiger partial charge in [-0.15, -0.1) is 0 Å². The molecule has 1 aromatic rings. The average molecular weight is 277 g/mol. The van der Waals surface area contributed by atoms with Crippen molar-refractivity contribution in [2.24, 2.45) is 0 Å². The summed E-state index contributed by atoms with van der Waals surface area (Å²) >= 11 is 0. The largest absolute Gasteiger partial charge is 0.490 e. The number of hydrogen-bond acceptors (Lipinski definition) is 4. The van der Waals surface area contributed by atoms with Gasteiger partial charge in [0.1, 0.15) is 0 Å². The van der Waals surface area contributed by atoms with Crippen LogP contribution >= 0.6 is 0 Å². The maximum absolute atomic E-state index is 12.3. The van der Waals surface area contributed by atoms with E-state index in [4.69, 9.17) is 9.47 Å². The van der Waals surface area contributed by atoms with Crippen LogP contribution < -0.4 is 9.47 Å². The number of carbonyl (C=O) groups excluding carboxylic acids is 1. The number of ether oxygens (including phenoxy) is 2. The van der Waals surface area contributed by atoms with Crippen molar-refractivity contribution in [1.29, 1.82) is 0 Å². The van der Waals surface area contributed by atoms with Crippen molar-refractivity contribution in [2.75, 3.05) is 26.3 Å². The Hall–Kier alpha value is -1.75. The van der Waals surface area contributed by atoms with Gasteiger partial charge in [-0.05, 0) is 24.6 Å². The van der Waals surface area contributed by atoms with Crippen LogP contribution in [0.5, 0.6) is 11.5 Å². The van der Waals surface area contributed by atoms with E-state index in [-0.39, 0.29) is 5.91 Å². The summed E-state index contributed by atoms with van der Waals surface area (Å²) < 4.78 is 11.1. The monoisotopic (exact) mass is 277 g/mol. The van der Waals surface area contributed by atoms with Crippen molar-refractivity contribution in [3.8, 4) is 11.5 Å². The first-order chi connectivity index (χ1) is 9.61. The summed E-state index contributed by atoms with van der Waals surface area (Å²) in [6, 6.07) is 5.26. The van der Waals surface area contributed by atoms with Crippen LogP contribution in [0, 0.1) is 0 Å². The fourth-order valence-electron chi connectivity index (χ4n) is 2.51. The number of carbonyl (C=O) groups is 1. The third-order valence-electron chi connectivity index (χ3n) is 3.91. The minimum absolute atomic E-state index is 0.0706. The molecule has 5 nitrogen and oxygen atoms in total. The van der Waals surface area contributed by atoms with Crippen molar-refractivity contribution >= 4 is 5.91 Å². The van der Waals surface area contributed by atoms with Gasteiger partial charge < -0.3 is 19.5 Å². The van der Waals surface area contributed by atoms with Crippen molar-refractivity contribution in [3.05, 3.63) is 23.8 Å². The van der Waals surface area contributed by atoms with Crippen LogP contribution in [-0.2, 0) is 0 Å². The highest BCUT2D eigenvalue weighted by Gasteiger charge is 2.42. The molecule has 1 aromatic carbocycles. The number of benzene rings is 1. The molecule has 108 valence electrons. The summed E-state index contributed by atoms with van der Waals surface area (Å²) in [5.74, 6) is 1.24. The van der Waals surface area contributed by atoms with Gasteiger partial charge in [0.15, 0.2) is 11.5 Å². The van der Waals surface area contributed by atoms with Crippen LogP contribution in [-0.4, -0.2) is 47.8 Å². The molecular formula is C15H19NO4. The van der Waals surface area contributed by atoms with E-state index in [1.54, 1.807) is 23.1 Å². The van der Waals surface area contributed by atoms with Gasteiger partial charge in [0.05, 0.1) is 31.9 Å². The van der Waals surface area contributed by atoms with Crippen molar-refractivity contribution in [1.82, 2.24) is 4.90 Å². The molecule has 0 radical (unpaired) electrons. The number of nitrogens with zero attached hydrogens (tertiary/aromatic N) is 1. The molecule has 5 heteroatoms. The molecule has 0 saturated carbocycles. The lowest BCUT2D eigenvalue weighted by Crippen LogP contribution is -2.63. The molecule has 0 unspecified atom stereocenters. The quantitative estimate of drug-likeness (QED) is 0.888. The Morgan fingerprint density at radius 2 is 2.00 bits per heavy atom. The fraction of sp³-hybridized carbons (Fsp3) is 0.533. The summed E-state index contributed by atoms with van der Waals surface area (Å²) in [5.41, 5.74) is -0.131. The molecule has 0 aliphatic carbocycles. The Labute approximate surface area is 118 Å². The lowest BCUT2D eigenvalue weighted by Gasteiger charge is -2.46. The zero-order chi connectivity index (χ0) is 14.2. The maximum atomic E-state index is 12.3. The van der Waals surface area contributed by atoms with Gasteiger partial charge in [0.25, 0.3) is 5.91 Å². The van der Waals surface area contributed by atoms with E-state index in [0.717, 1.165) is 6.42 Å². The summed E-state index contributed by atoms with van der Waals surface area (Å²) in [4.78, 5) is 14.0. The second-order valence-electron chi connectivity index (χ2n) is 5.45. The molecule has 3 rings (SSSR count). The first-order valence-corrected chi connectivity index (χ1v) is 7.03. The average Bonchev–Trinajstić information content (AvgIpc) is 2.67. The second kappa shape index (κ2) is 4.98. The van der Waals surface area contributed by atoms with Gasteiger partial charge in [-0.25, -0.2) is 0 Å². The minimum atomic E-state index is -0.707. The van der Waals surface area contributed by atoms with Gasteiger partial charge in [-0.3, -0.25) is 4.79 Å². The lowest BCUT2D eigenvalue weighted by atomic mass is 9.90. The van der Waals surface area contributed by atoms with Gasteiger partial charge >= 0.3 is 0 Å². The molecule has 1 N–H and O–H groups in total. The first-order valence-electron chi connectivity index (χ1n) is 7.03. The molecule has 1 fully saturated rings. The predicted molar refractivity (Wildman–Crippen MR) is 73.2 cm³/mol. The fourth-order valence-corrected chi connectivity index (χ4v) is 2.51. The maximum Gasteiger partial charge on any atom is 0.254 e. The van der Waals surface area contributed by atoms with Crippen molar-refractivity contribution < 1.29 is 19.4 Å². The Bertz CT molecular complexity index is 523. The summed E-state index contributed by atoms with van der Waals surface area (Å²) in [6.45, 7) is 3.96.